The minimum atomic E-state index is -0.243. The zero-order valence-electron chi connectivity index (χ0n) is 16.7. The number of rotatable bonds is 9. The zero-order chi connectivity index (χ0) is 20.8. The highest BCUT2D eigenvalue weighted by Gasteiger charge is 2.18. The molecule has 7 nitrogen and oxygen atoms in total. The Morgan fingerprint density at radius 3 is 2.80 bits per heavy atom. The second-order valence-electron chi connectivity index (χ2n) is 6.81. The van der Waals surface area contributed by atoms with E-state index in [1.807, 2.05) is 53.1 Å². The van der Waals surface area contributed by atoms with Gasteiger partial charge in [0, 0.05) is 5.56 Å². The highest BCUT2D eigenvalue weighted by molar-refractivity contribution is 7.99. The lowest BCUT2D eigenvalue weighted by Crippen LogP contribution is -2.10. The Morgan fingerprint density at radius 2 is 1.97 bits per heavy atom. The van der Waals surface area contributed by atoms with E-state index in [0.717, 1.165) is 41.3 Å². The fourth-order valence-electron chi connectivity index (χ4n) is 3.06. The monoisotopic (exact) mass is 425 g/mol. The fraction of sp³-hybridized carbons (Fsp3) is 0.318. The number of ether oxygens (including phenoxy) is 3. The largest absolute Gasteiger partial charge is 0.465 e. The molecule has 8 heteroatoms. The molecule has 0 saturated carbocycles. The van der Waals surface area contributed by atoms with Gasteiger partial charge in [-0.25, -0.2) is 0 Å². The van der Waals surface area contributed by atoms with Crippen molar-refractivity contribution < 1.29 is 19.0 Å². The number of carbonyl (C=O) groups excluding carboxylic acids is 1. The Balaban J connectivity index is 1.56. The summed E-state index contributed by atoms with van der Waals surface area (Å²) in [7, 11) is 0. The van der Waals surface area contributed by atoms with Crippen molar-refractivity contribution >= 4 is 17.7 Å². The molecule has 156 valence electrons. The van der Waals surface area contributed by atoms with E-state index < -0.39 is 0 Å². The first-order valence-corrected chi connectivity index (χ1v) is 10.9. The van der Waals surface area contributed by atoms with Crippen molar-refractivity contribution in [3.63, 3.8) is 0 Å². The first kappa shape index (κ1) is 20.3. The van der Waals surface area contributed by atoms with Gasteiger partial charge in [-0.3, -0.25) is 9.36 Å². The Morgan fingerprint density at radius 1 is 1.13 bits per heavy atom. The van der Waals surface area contributed by atoms with Crippen molar-refractivity contribution in [3.8, 4) is 22.9 Å². The normalized spacial score (nSPS) is 12.2. The van der Waals surface area contributed by atoms with Gasteiger partial charge >= 0.3 is 5.97 Å². The third-order valence-corrected chi connectivity index (χ3v) is 5.55. The number of esters is 1. The molecule has 0 amide bonds. The molecule has 30 heavy (non-hydrogen) atoms. The Labute approximate surface area is 179 Å². The van der Waals surface area contributed by atoms with Gasteiger partial charge in [-0.2, -0.15) is 0 Å². The molecule has 2 heterocycles. The van der Waals surface area contributed by atoms with Crippen LogP contribution in [0.1, 0.15) is 25.3 Å². The standard InChI is InChI=1S/C22H23N3O4S/c1-2-3-11-27-20(26)14-30-22-24-23-21(17-7-5-4-6-8-17)25(22)13-16-9-10-18-19(12-16)29-15-28-18/h4-10,12H,2-3,11,13-15H2,1H3. The quantitative estimate of drug-likeness (QED) is 0.289. The first-order valence-electron chi connectivity index (χ1n) is 9.90. The fourth-order valence-corrected chi connectivity index (χ4v) is 3.79. The highest BCUT2D eigenvalue weighted by atomic mass is 32.2. The molecule has 0 fully saturated rings. The Hall–Kier alpha value is -3.00. The van der Waals surface area contributed by atoms with E-state index in [-0.39, 0.29) is 18.5 Å². The van der Waals surface area contributed by atoms with Crippen molar-refractivity contribution in [2.75, 3.05) is 19.2 Å². The minimum Gasteiger partial charge on any atom is -0.465 e. The molecule has 0 atom stereocenters. The first-order chi connectivity index (χ1) is 14.7. The van der Waals surface area contributed by atoms with Gasteiger partial charge in [-0.15, -0.1) is 10.2 Å². The highest BCUT2D eigenvalue weighted by Crippen LogP contribution is 2.33. The molecule has 3 aromatic rings. The molecule has 0 unspecified atom stereocenters. The molecule has 1 aliphatic rings. The summed E-state index contributed by atoms with van der Waals surface area (Å²) in [6.07, 6.45) is 1.86. The van der Waals surface area contributed by atoms with Gasteiger partial charge in [-0.1, -0.05) is 61.5 Å². The van der Waals surface area contributed by atoms with Crippen LogP contribution in [0.2, 0.25) is 0 Å². The molecule has 1 aromatic heterocycles. The summed E-state index contributed by atoms with van der Waals surface area (Å²) in [5.41, 5.74) is 1.99. The average molecular weight is 426 g/mol. The smallest absolute Gasteiger partial charge is 0.316 e. The van der Waals surface area contributed by atoms with Crippen LogP contribution in [0.3, 0.4) is 0 Å². The number of carbonyl (C=O) groups is 1. The van der Waals surface area contributed by atoms with Gasteiger partial charge in [0.25, 0.3) is 0 Å². The SMILES string of the molecule is CCCCOC(=O)CSc1nnc(-c2ccccc2)n1Cc1ccc2c(c1)OCO2. The summed E-state index contributed by atoms with van der Waals surface area (Å²) >= 11 is 1.33. The molecular weight excluding hydrogens is 402 g/mol. The van der Waals surface area contributed by atoms with Crippen molar-refractivity contribution in [2.45, 2.75) is 31.5 Å². The van der Waals surface area contributed by atoms with E-state index in [2.05, 4.69) is 17.1 Å². The van der Waals surface area contributed by atoms with E-state index >= 15 is 0 Å². The van der Waals surface area contributed by atoms with Crippen molar-refractivity contribution in [2.24, 2.45) is 0 Å². The number of unbranched alkanes of at least 4 members (excludes halogenated alkanes) is 1. The summed E-state index contributed by atoms with van der Waals surface area (Å²) < 4.78 is 18.2. The van der Waals surface area contributed by atoms with Crippen LogP contribution in [0.4, 0.5) is 0 Å². The van der Waals surface area contributed by atoms with Crippen LogP contribution in [0.5, 0.6) is 11.5 Å². The van der Waals surface area contributed by atoms with E-state index in [1.165, 1.54) is 11.8 Å². The molecule has 2 aromatic carbocycles. The van der Waals surface area contributed by atoms with Gasteiger partial charge < -0.3 is 14.2 Å². The van der Waals surface area contributed by atoms with Gasteiger partial charge in [0.1, 0.15) is 0 Å². The molecule has 0 aliphatic carbocycles. The van der Waals surface area contributed by atoms with E-state index in [1.54, 1.807) is 0 Å². The lowest BCUT2D eigenvalue weighted by molar-refractivity contribution is -0.140. The number of hydrogen-bond donors (Lipinski definition) is 0. The molecule has 0 spiro atoms. The van der Waals surface area contributed by atoms with Gasteiger partial charge in [0.15, 0.2) is 22.5 Å². The number of aromatic nitrogens is 3. The minimum absolute atomic E-state index is 0.192. The number of hydrogen-bond acceptors (Lipinski definition) is 7. The predicted molar refractivity (Wildman–Crippen MR) is 114 cm³/mol. The zero-order valence-corrected chi connectivity index (χ0v) is 17.6. The topological polar surface area (TPSA) is 75.5 Å². The second kappa shape index (κ2) is 9.67. The maximum absolute atomic E-state index is 12.0. The van der Waals surface area contributed by atoms with E-state index in [9.17, 15) is 4.79 Å². The molecule has 0 radical (unpaired) electrons. The molecule has 4 rings (SSSR count). The van der Waals surface area contributed by atoms with Crippen LogP contribution >= 0.6 is 11.8 Å². The van der Waals surface area contributed by atoms with Crippen LogP contribution in [-0.2, 0) is 16.1 Å². The van der Waals surface area contributed by atoms with Crippen LogP contribution in [0.15, 0.2) is 53.7 Å². The van der Waals surface area contributed by atoms with Gasteiger partial charge in [0.2, 0.25) is 6.79 Å². The van der Waals surface area contributed by atoms with Crippen LogP contribution < -0.4 is 9.47 Å². The summed E-state index contributed by atoms with van der Waals surface area (Å²) in [5, 5.41) is 9.40. The van der Waals surface area contributed by atoms with Crippen molar-refractivity contribution in [1.82, 2.24) is 14.8 Å². The number of benzene rings is 2. The van der Waals surface area contributed by atoms with Gasteiger partial charge in [-0.05, 0) is 24.1 Å². The van der Waals surface area contributed by atoms with Gasteiger partial charge in [0.05, 0.1) is 18.9 Å². The molecule has 0 saturated heterocycles. The molecule has 1 aliphatic heterocycles. The Bertz CT molecular complexity index is 1010. The molecular formula is C22H23N3O4S. The summed E-state index contributed by atoms with van der Waals surface area (Å²) in [5.74, 6) is 2.17. The predicted octanol–water partition coefficient (Wildman–Crippen LogP) is 4.16. The summed E-state index contributed by atoms with van der Waals surface area (Å²) in [6.45, 7) is 3.30. The van der Waals surface area contributed by atoms with E-state index in [4.69, 9.17) is 14.2 Å². The third kappa shape index (κ3) is 4.76. The van der Waals surface area contributed by atoms with E-state index in [0.29, 0.717) is 18.3 Å². The summed E-state index contributed by atoms with van der Waals surface area (Å²) in [6, 6.07) is 15.7. The molecule has 0 bridgehead atoms. The van der Waals surface area contributed by atoms with Crippen molar-refractivity contribution in [3.05, 3.63) is 54.1 Å². The average Bonchev–Trinajstić information content (AvgIpc) is 3.40. The maximum atomic E-state index is 12.0. The number of nitrogens with zero attached hydrogens (tertiary/aromatic N) is 3. The van der Waals surface area contributed by atoms with Crippen LogP contribution in [0.25, 0.3) is 11.4 Å². The Kier molecular flexibility index (Phi) is 6.53. The lowest BCUT2D eigenvalue weighted by Gasteiger charge is -2.11. The van der Waals surface area contributed by atoms with Crippen molar-refractivity contribution in [1.29, 1.82) is 0 Å². The second-order valence-corrected chi connectivity index (χ2v) is 7.75. The molecule has 0 N–H and O–H groups in total. The third-order valence-electron chi connectivity index (χ3n) is 4.61. The van der Waals surface area contributed by atoms with Crippen LogP contribution in [0, 0.1) is 0 Å². The number of fused-ring (bicyclic) bond motifs is 1. The van der Waals surface area contributed by atoms with Crippen LogP contribution in [-0.4, -0.2) is 39.9 Å². The maximum Gasteiger partial charge on any atom is 0.316 e. The lowest BCUT2D eigenvalue weighted by atomic mass is 10.2. The summed E-state index contributed by atoms with van der Waals surface area (Å²) in [4.78, 5) is 12.0. The number of thioether (sulfide) groups is 1.